The summed E-state index contributed by atoms with van der Waals surface area (Å²) >= 11 is 0. The predicted octanol–water partition coefficient (Wildman–Crippen LogP) is 2.04. The summed E-state index contributed by atoms with van der Waals surface area (Å²) < 4.78 is 66.4. The van der Waals surface area contributed by atoms with Gasteiger partial charge in [-0.25, -0.2) is 26.6 Å². The molecular weight excluding hydrogens is 419 g/mol. The molecule has 2 unspecified atom stereocenters. The van der Waals surface area contributed by atoms with Gasteiger partial charge in [-0.2, -0.15) is 0 Å². The van der Waals surface area contributed by atoms with Gasteiger partial charge in [0, 0.05) is 37.7 Å². The molecule has 1 aliphatic heterocycles. The number of nitrogens with two attached hydrogens (primary N) is 1. The lowest BCUT2D eigenvalue weighted by molar-refractivity contribution is 0.243. The average molecular weight is 439 g/mol. The van der Waals surface area contributed by atoms with Crippen molar-refractivity contribution in [2.45, 2.75) is 30.1 Å². The molecule has 1 saturated heterocycles. The molecule has 0 spiro atoms. The molecule has 3 aromatic rings. The topological polar surface area (TPSA) is 94.1 Å². The highest BCUT2D eigenvalue weighted by molar-refractivity contribution is 7.90. The van der Waals surface area contributed by atoms with Crippen molar-refractivity contribution >= 4 is 26.8 Å². The van der Waals surface area contributed by atoms with Crippen molar-refractivity contribution in [2.75, 3.05) is 24.2 Å². The molecule has 4 rings (SSSR count). The molecule has 0 amide bonds. The largest absolute Gasteiger partial charge is 0.340 e. The number of sulfone groups is 1. The highest BCUT2D eigenvalue weighted by Gasteiger charge is 2.29. The Kier molecular flexibility index (Phi) is 5.18. The lowest BCUT2D eigenvalue weighted by Gasteiger charge is -2.34. The van der Waals surface area contributed by atoms with Crippen molar-refractivity contribution in [3.63, 3.8) is 0 Å². The molecule has 1 fully saturated rings. The summed E-state index contributed by atoms with van der Waals surface area (Å²) in [4.78, 5) is 10.5. The van der Waals surface area contributed by atoms with Crippen molar-refractivity contribution in [3.05, 3.63) is 47.8 Å². The van der Waals surface area contributed by atoms with Crippen molar-refractivity contribution in [1.29, 1.82) is 0 Å². The van der Waals surface area contributed by atoms with Gasteiger partial charge in [0.15, 0.2) is 21.5 Å². The van der Waals surface area contributed by atoms with Gasteiger partial charge in [-0.1, -0.05) is 0 Å². The van der Waals surface area contributed by atoms with Crippen LogP contribution < -0.4 is 10.6 Å². The van der Waals surface area contributed by atoms with Crippen LogP contribution in [0.4, 0.5) is 19.1 Å². The van der Waals surface area contributed by atoms with Crippen LogP contribution in [-0.2, 0) is 16.4 Å². The van der Waals surface area contributed by atoms with E-state index in [1.807, 2.05) is 0 Å². The molecule has 7 nitrogen and oxygen atoms in total. The molecule has 2 N–H and O–H groups in total. The summed E-state index contributed by atoms with van der Waals surface area (Å²) in [5, 5.41) is 0. The van der Waals surface area contributed by atoms with Crippen molar-refractivity contribution in [3.8, 4) is 0 Å². The van der Waals surface area contributed by atoms with Crippen molar-refractivity contribution in [2.24, 2.45) is 5.73 Å². The fourth-order valence-corrected chi connectivity index (χ4v) is 4.08. The summed E-state index contributed by atoms with van der Waals surface area (Å²) in [5.41, 5.74) is 6.95. The third-order valence-electron chi connectivity index (χ3n) is 5.17. The van der Waals surface area contributed by atoms with E-state index in [4.69, 9.17) is 5.73 Å². The maximum atomic E-state index is 13.9. The normalized spacial score (nSPS) is 20.1. The van der Waals surface area contributed by atoms with Crippen molar-refractivity contribution < 1.29 is 21.6 Å². The highest BCUT2D eigenvalue weighted by Crippen LogP contribution is 2.28. The maximum Gasteiger partial charge on any atom is 0.206 e. The Morgan fingerprint density at radius 1 is 1.23 bits per heavy atom. The Labute approximate surface area is 171 Å². The van der Waals surface area contributed by atoms with E-state index < -0.39 is 33.7 Å². The van der Waals surface area contributed by atoms with Gasteiger partial charge in [0.05, 0.1) is 34.2 Å². The fraction of sp³-hybridized carbons (Fsp3) is 0.368. The molecule has 0 bridgehead atoms. The minimum absolute atomic E-state index is 0.0751. The molecule has 3 heterocycles. The minimum Gasteiger partial charge on any atom is -0.340 e. The lowest BCUT2D eigenvalue weighted by Crippen LogP contribution is -2.50. The zero-order valence-corrected chi connectivity index (χ0v) is 16.9. The number of benzene rings is 1. The third-order valence-corrected chi connectivity index (χ3v) is 6.27. The van der Waals surface area contributed by atoms with Crippen LogP contribution in [-0.4, -0.2) is 54.5 Å². The first-order valence-corrected chi connectivity index (χ1v) is 11.2. The Morgan fingerprint density at radius 2 is 1.97 bits per heavy atom. The second kappa shape index (κ2) is 7.55. The number of fused-ring (bicyclic) bond motifs is 1. The number of nitrogens with zero attached hydrogens (tertiary/aromatic N) is 4. The van der Waals surface area contributed by atoms with Gasteiger partial charge < -0.3 is 15.2 Å². The Balaban J connectivity index is 1.77. The minimum atomic E-state index is -3.39. The van der Waals surface area contributed by atoms with E-state index in [-0.39, 0.29) is 29.9 Å². The molecule has 0 saturated carbocycles. The van der Waals surface area contributed by atoms with Crippen LogP contribution in [0.5, 0.6) is 0 Å². The average Bonchev–Trinajstić information content (AvgIpc) is 3.01. The van der Waals surface area contributed by atoms with Gasteiger partial charge in [0.25, 0.3) is 0 Å². The van der Waals surface area contributed by atoms with Crippen LogP contribution in [0.1, 0.15) is 12.1 Å². The summed E-state index contributed by atoms with van der Waals surface area (Å²) in [6.45, 7) is 0.686. The molecular formula is C19H20F3N5O2S. The van der Waals surface area contributed by atoms with Crippen LogP contribution in [0.15, 0.2) is 35.4 Å². The molecule has 160 valence electrons. The summed E-state index contributed by atoms with van der Waals surface area (Å²) in [7, 11) is -3.39. The molecule has 0 radical (unpaired) electrons. The molecule has 1 aliphatic rings. The SMILES string of the molecule is CS(=O)(=O)c1ccc(Cn2c(N3CCC(F)C(N)C3)nc3cc(F)c(F)cc32)nc1. The lowest BCUT2D eigenvalue weighted by atomic mass is 10.1. The van der Waals surface area contributed by atoms with E-state index in [2.05, 4.69) is 9.97 Å². The summed E-state index contributed by atoms with van der Waals surface area (Å²) in [6.07, 6.45) is 1.42. The third kappa shape index (κ3) is 3.86. The smallest absolute Gasteiger partial charge is 0.206 e. The Bertz CT molecular complexity index is 1200. The molecule has 30 heavy (non-hydrogen) atoms. The first-order chi connectivity index (χ1) is 14.1. The monoisotopic (exact) mass is 439 g/mol. The maximum absolute atomic E-state index is 13.9. The number of rotatable bonds is 4. The number of aromatic nitrogens is 3. The molecule has 2 atom stereocenters. The number of hydrogen-bond donors (Lipinski definition) is 1. The van der Waals surface area contributed by atoms with Gasteiger partial charge in [-0.15, -0.1) is 0 Å². The van der Waals surface area contributed by atoms with Gasteiger partial charge in [-0.05, 0) is 18.6 Å². The summed E-state index contributed by atoms with van der Waals surface area (Å²) in [5.74, 6) is -1.64. The van der Waals surface area contributed by atoms with E-state index in [9.17, 15) is 21.6 Å². The molecule has 11 heteroatoms. The number of halogens is 3. The molecule has 2 aromatic heterocycles. The van der Waals surface area contributed by atoms with E-state index >= 15 is 0 Å². The number of pyridine rings is 1. The van der Waals surface area contributed by atoms with Crippen LogP contribution in [0.25, 0.3) is 11.0 Å². The Morgan fingerprint density at radius 3 is 2.60 bits per heavy atom. The van der Waals surface area contributed by atoms with E-state index in [1.54, 1.807) is 15.5 Å². The first-order valence-electron chi connectivity index (χ1n) is 9.28. The number of piperidine rings is 1. The second-order valence-corrected chi connectivity index (χ2v) is 9.44. The Hall–Kier alpha value is -2.66. The quantitative estimate of drug-likeness (QED) is 0.669. The molecule has 0 aliphatic carbocycles. The zero-order valence-electron chi connectivity index (χ0n) is 16.1. The first kappa shape index (κ1) is 20.6. The van der Waals surface area contributed by atoms with Crippen LogP contribution in [0, 0.1) is 11.6 Å². The second-order valence-electron chi connectivity index (χ2n) is 7.42. The molecule has 1 aromatic carbocycles. The van der Waals surface area contributed by atoms with Gasteiger partial charge in [0.1, 0.15) is 6.17 Å². The summed E-state index contributed by atoms with van der Waals surface area (Å²) in [6, 6.07) is 4.33. The van der Waals surface area contributed by atoms with Crippen LogP contribution in [0.3, 0.4) is 0 Å². The fourth-order valence-electron chi connectivity index (χ4n) is 3.53. The predicted molar refractivity (Wildman–Crippen MR) is 106 cm³/mol. The van der Waals surface area contributed by atoms with Crippen LogP contribution >= 0.6 is 0 Å². The van der Waals surface area contributed by atoms with Crippen molar-refractivity contribution in [1.82, 2.24) is 14.5 Å². The number of hydrogen-bond acceptors (Lipinski definition) is 6. The number of imidazole rings is 1. The highest BCUT2D eigenvalue weighted by atomic mass is 32.2. The van der Waals surface area contributed by atoms with E-state index in [0.717, 1.165) is 18.4 Å². The zero-order chi connectivity index (χ0) is 21.6. The van der Waals surface area contributed by atoms with E-state index in [1.165, 1.54) is 12.3 Å². The number of anilines is 1. The van der Waals surface area contributed by atoms with Crippen LogP contribution in [0.2, 0.25) is 0 Å². The number of alkyl halides is 1. The van der Waals surface area contributed by atoms with Gasteiger partial charge >= 0.3 is 0 Å². The van der Waals surface area contributed by atoms with Gasteiger partial charge in [-0.3, -0.25) is 4.98 Å². The van der Waals surface area contributed by atoms with E-state index in [0.29, 0.717) is 23.7 Å². The van der Waals surface area contributed by atoms with Gasteiger partial charge in [0.2, 0.25) is 5.95 Å². The standard InChI is InChI=1S/C19H20F3N5O2S/c1-30(28,29)12-3-2-11(24-8-12)9-27-18-7-15(22)14(21)6-17(18)25-19(27)26-5-4-13(20)16(23)10-26/h2-3,6-8,13,16H,4-5,9-10,23H2,1H3.